The first-order valence-corrected chi connectivity index (χ1v) is 8.45. The average molecular weight is 387 g/mol. The molecule has 2 aliphatic rings. The minimum absolute atomic E-state index is 0.214. The second kappa shape index (κ2) is 5.81. The molecule has 0 bridgehead atoms. The molecule has 6 heteroatoms. The summed E-state index contributed by atoms with van der Waals surface area (Å²) < 4.78 is 0.962. The number of hydrogen-bond donors (Lipinski definition) is 0. The smallest absolute Gasteiger partial charge is 0.265 e. The summed E-state index contributed by atoms with van der Waals surface area (Å²) >= 11 is 3.41. The van der Waals surface area contributed by atoms with Gasteiger partial charge in [0.05, 0.1) is 17.6 Å². The van der Waals surface area contributed by atoms with Crippen LogP contribution in [0, 0.1) is 5.92 Å². The average Bonchev–Trinajstić information content (AvgIpc) is 3.04. The first-order valence-electron chi connectivity index (χ1n) is 7.66. The Hall–Kier alpha value is -2.02. The van der Waals surface area contributed by atoms with Crippen LogP contribution in [-0.2, 0) is 14.4 Å². The summed E-state index contributed by atoms with van der Waals surface area (Å²) in [5.74, 6) is -1.06. The number of rotatable bonds is 2. The summed E-state index contributed by atoms with van der Waals surface area (Å²) in [5.41, 5.74) is 1.53. The third-order valence-corrected chi connectivity index (χ3v) is 5.06. The molecule has 2 amide bonds. The van der Waals surface area contributed by atoms with Crippen LogP contribution < -0.4 is 4.90 Å². The molecule has 2 fully saturated rings. The van der Waals surface area contributed by atoms with E-state index in [0.717, 1.165) is 10.0 Å². The Labute approximate surface area is 147 Å². The number of nitrogens with zero attached hydrogens (tertiary/aromatic N) is 2. The van der Waals surface area contributed by atoms with E-state index in [2.05, 4.69) is 15.9 Å². The van der Waals surface area contributed by atoms with Crippen molar-refractivity contribution in [2.45, 2.75) is 12.1 Å². The fourth-order valence-corrected chi connectivity index (χ4v) is 3.72. The third-order valence-electron chi connectivity index (χ3n) is 4.53. The monoisotopic (exact) mass is 386 g/mol. The van der Waals surface area contributed by atoms with Gasteiger partial charge < -0.3 is 0 Å². The van der Waals surface area contributed by atoms with Crippen LogP contribution >= 0.6 is 15.9 Å². The normalized spacial score (nSPS) is 26.9. The van der Waals surface area contributed by atoms with Crippen molar-refractivity contribution in [1.29, 1.82) is 0 Å². The summed E-state index contributed by atoms with van der Waals surface area (Å²) in [6, 6.07) is 16.4. The van der Waals surface area contributed by atoms with E-state index in [-0.39, 0.29) is 17.9 Å². The van der Waals surface area contributed by atoms with Gasteiger partial charge >= 0.3 is 0 Å². The SMILES string of the molecule is CN1O[C@H]2C(=O)N(c3ccccc3)C(=O)[C@H]2[C@H]1c1ccc(Br)cc1. The highest BCUT2D eigenvalue weighted by molar-refractivity contribution is 9.10. The Bertz CT molecular complexity index is 794. The molecule has 4 rings (SSSR count). The molecular weight excluding hydrogens is 372 g/mol. The van der Waals surface area contributed by atoms with Gasteiger partial charge in [0, 0.05) is 11.5 Å². The van der Waals surface area contributed by atoms with Crippen molar-refractivity contribution in [3.05, 3.63) is 64.6 Å². The number of imide groups is 1. The number of hydrogen-bond acceptors (Lipinski definition) is 4. The minimum atomic E-state index is -0.767. The lowest BCUT2D eigenvalue weighted by molar-refractivity contribution is -0.160. The van der Waals surface area contributed by atoms with Gasteiger partial charge in [-0.25, -0.2) is 4.90 Å². The maximum absolute atomic E-state index is 13.0. The molecule has 0 spiro atoms. The predicted molar refractivity (Wildman–Crippen MR) is 91.9 cm³/mol. The van der Waals surface area contributed by atoms with Crippen molar-refractivity contribution >= 4 is 33.4 Å². The number of anilines is 1. The number of carbonyl (C=O) groups excluding carboxylic acids is 2. The molecule has 24 heavy (non-hydrogen) atoms. The number of benzene rings is 2. The maximum Gasteiger partial charge on any atom is 0.265 e. The van der Waals surface area contributed by atoms with Gasteiger partial charge in [0.2, 0.25) is 5.91 Å². The van der Waals surface area contributed by atoms with Crippen LogP contribution in [0.5, 0.6) is 0 Å². The summed E-state index contributed by atoms with van der Waals surface area (Å²) in [5, 5.41) is 1.62. The minimum Gasteiger partial charge on any atom is -0.284 e. The van der Waals surface area contributed by atoms with Crippen molar-refractivity contribution < 1.29 is 14.4 Å². The van der Waals surface area contributed by atoms with Crippen LogP contribution in [0.4, 0.5) is 5.69 Å². The molecule has 2 aromatic rings. The zero-order chi connectivity index (χ0) is 16.8. The highest BCUT2D eigenvalue weighted by atomic mass is 79.9. The van der Waals surface area contributed by atoms with Gasteiger partial charge in [0.25, 0.3) is 5.91 Å². The fourth-order valence-electron chi connectivity index (χ4n) is 3.46. The largest absolute Gasteiger partial charge is 0.284 e. The zero-order valence-electron chi connectivity index (χ0n) is 12.9. The van der Waals surface area contributed by atoms with Crippen LogP contribution in [0.3, 0.4) is 0 Å². The van der Waals surface area contributed by atoms with E-state index in [1.807, 2.05) is 42.5 Å². The first-order chi connectivity index (χ1) is 11.6. The van der Waals surface area contributed by atoms with E-state index >= 15 is 0 Å². The highest BCUT2D eigenvalue weighted by Gasteiger charge is 2.59. The Kier molecular flexibility index (Phi) is 3.75. The molecule has 0 unspecified atom stereocenters. The molecule has 0 saturated carbocycles. The van der Waals surface area contributed by atoms with Gasteiger partial charge in [-0.2, -0.15) is 5.06 Å². The highest BCUT2D eigenvalue weighted by Crippen LogP contribution is 2.44. The standard InChI is InChI=1S/C18H15BrN2O3/c1-20-15(11-7-9-12(19)10-8-11)14-16(24-20)18(23)21(17(14)22)13-5-3-2-4-6-13/h2-10,14-16H,1H3/t14-,15+,16+/m0/s1. The molecule has 0 aliphatic carbocycles. The number of fused-ring (bicyclic) bond motifs is 1. The molecule has 5 nitrogen and oxygen atoms in total. The quantitative estimate of drug-likeness (QED) is 0.744. The number of carbonyl (C=O) groups is 2. The lowest BCUT2D eigenvalue weighted by Gasteiger charge is -2.24. The molecule has 2 aliphatic heterocycles. The maximum atomic E-state index is 13.0. The molecule has 0 aromatic heterocycles. The number of hydroxylamine groups is 2. The van der Waals surface area contributed by atoms with Gasteiger partial charge in [-0.15, -0.1) is 0 Å². The summed E-state index contributed by atoms with van der Waals surface area (Å²) in [6.07, 6.45) is -0.767. The Balaban J connectivity index is 1.72. The van der Waals surface area contributed by atoms with Crippen molar-refractivity contribution in [3.8, 4) is 0 Å². The molecule has 3 atom stereocenters. The number of para-hydroxylation sites is 1. The second-order valence-electron chi connectivity index (χ2n) is 5.94. The topological polar surface area (TPSA) is 49.9 Å². The molecule has 0 radical (unpaired) electrons. The van der Waals surface area contributed by atoms with E-state index < -0.39 is 12.0 Å². The first kappa shape index (κ1) is 15.5. The van der Waals surface area contributed by atoms with Crippen LogP contribution in [-0.4, -0.2) is 30.0 Å². The van der Waals surface area contributed by atoms with Crippen molar-refractivity contribution in [1.82, 2.24) is 5.06 Å². The molecule has 2 aromatic carbocycles. The van der Waals surface area contributed by atoms with Gasteiger partial charge in [0.1, 0.15) is 0 Å². The zero-order valence-corrected chi connectivity index (χ0v) is 14.5. The van der Waals surface area contributed by atoms with E-state index in [1.54, 1.807) is 24.2 Å². The van der Waals surface area contributed by atoms with Crippen LogP contribution in [0.2, 0.25) is 0 Å². The van der Waals surface area contributed by atoms with Crippen molar-refractivity contribution in [3.63, 3.8) is 0 Å². The van der Waals surface area contributed by atoms with Crippen LogP contribution in [0.1, 0.15) is 11.6 Å². The van der Waals surface area contributed by atoms with Crippen molar-refractivity contribution in [2.24, 2.45) is 5.92 Å². The summed E-state index contributed by atoms with van der Waals surface area (Å²) in [6.45, 7) is 0. The second-order valence-corrected chi connectivity index (χ2v) is 6.86. The third kappa shape index (κ3) is 2.30. The lowest BCUT2D eigenvalue weighted by Crippen LogP contribution is -2.36. The van der Waals surface area contributed by atoms with Gasteiger partial charge in [-0.05, 0) is 29.8 Å². The van der Waals surface area contributed by atoms with E-state index in [0.29, 0.717) is 5.69 Å². The van der Waals surface area contributed by atoms with Crippen LogP contribution in [0.25, 0.3) is 0 Å². The van der Waals surface area contributed by atoms with Gasteiger partial charge in [0.15, 0.2) is 6.10 Å². The van der Waals surface area contributed by atoms with Gasteiger partial charge in [-0.1, -0.05) is 46.3 Å². The van der Waals surface area contributed by atoms with Crippen molar-refractivity contribution in [2.75, 3.05) is 11.9 Å². The van der Waals surface area contributed by atoms with E-state index in [1.165, 1.54) is 4.90 Å². The van der Waals surface area contributed by atoms with E-state index in [4.69, 9.17) is 4.84 Å². The molecule has 122 valence electrons. The lowest BCUT2D eigenvalue weighted by atomic mass is 9.91. The predicted octanol–water partition coefficient (Wildman–Crippen LogP) is 2.93. The Morgan fingerprint density at radius 1 is 0.958 bits per heavy atom. The molecular formula is C18H15BrN2O3. The number of amides is 2. The molecule has 0 N–H and O–H groups in total. The Morgan fingerprint density at radius 3 is 2.29 bits per heavy atom. The fraction of sp³-hybridized carbons (Fsp3) is 0.222. The summed E-state index contributed by atoms with van der Waals surface area (Å²) in [4.78, 5) is 32.7. The van der Waals surface area contributed by atoms with Gasteiger partial charge in [-0.3, -0.25) is 14.4 Å². The number of halogens is 1. The van der Waals surface area contributed by atoms with E-state index in [9.17, 15) is 9.59 Å². The molecule has 2 heterocycles. The van der Waals surface area contributed by atoms with Crippen LogP contribution in [0.15, 0.2) is 59.1 Å². The molecule has 2 saturated heterocycles. The summed E-state index contributed by atoms with van der Waals surface area (Å²) in [7, 11) is 1.76. The Morgan fingerprint density at radius 2 is 1.62 bits per heavy atom.